The highest BCUT2D eigenvalue weighted by atomic mass is 32.1. The van der Waals surface area contributed by atoms with Gasteiger partial charge in [0.1, 0.15) is 12.0 Å². The first-order chi connectivity index (χ1) is 15.0. The molecule has 0 radical (unpaired) electrons. The molecule has 10 heteroatoms. The first-order valence-corrected chi connectivity index (χ1v) is 10.8. The Balaban J connectivity index is 1.55. The number of nitrogens with zero attached hydrogens (tertiary/aromatic N) is 6. The Morgan fingerprint density at radius 2 is 2.16 bits per heavy atom. The fourth-order valence-electron chi connectivity index (χ4n) is 3.63. The number of aldehydes is 1. The predicted molar refractivity (Wildman–Crippen MR) is 118 cm³/mol. The van der Waals surface area contributed by atoms with E-state index in [1.807, 2.05) is 42.9 Å². The average molecular weight is 436 g/mol. The van der Waals surface area contributed by atoms with Crippen molar-refractivity contribution in [1.29, 1.82) is 0 Å². The summed E-state index contributed by atoms with van der Waals surface area (Å²) in [6.07, 6.45) is 5.19. The molecule has 31 heavy (non-hydrogen) atoms. The number of hydrogen-bond acceptors (Lipinski definition) is 8. The van der Waals surface area contributed by atoms with Gasteiger partial charge in [-0.05, 0) is 31.5 Å². The number of rotatable bonds is 5. The molecule has 0 unspecified atom stereocenters. The van der Waals surface area contributed by atoms with Gasteiger partial charge in [-0.2, -0.15) is 10.1 Å². The summed E-state index contributed by atoms with van der Waals surface area (Å²) in [6.45, 7) is 4.88. The van der Waals surface area contributed by atoms with E-state index in [1.54, 1.807) is 22.2 Å². The van der Waals surface area contributed by atoms with E-state index in [2.05, 4.69) is 15.2 Å². The van der Waals surface area contributed by atoms with Crippen molar-refractivity contribution in [1.82, 2.24) is 29.5 Å². The first-order valence-electron chi connectivity index (χ1n) is 9.99. The molecule has 0 saturated carbocycles. The van der Waals surface area contributed by atoms with Crippen LogP contribution in [0.1, 0.15) is 24.8 Å². The van der Waals surface area contributed by atoms with Gasteiger partial charge in [-0.3, -0.25) is 4.68 Å². The van der Waals surface area contributed by atoms with Crippen molar-refractivity contribution < 1.29 is 9.53 Å². The lowest BCUT2D eigenvalue weighted by Crippen LogP contribution is -2.05. The highest BCUT2D eigenvalue weighted by Crippen LogP contribution is 2.41. The lowest BCUT2D eigenvalue weighted by Gasteiger charge is -2.09. The van der Waals surface area contributed by atoms with Crippen LogP contribution in [-0.4, -0.2) is 42.4 Å². The summed E-state index contributed by atoms with van der Waals surface area (Å²) in [5, 5.41) is 9.33. The smallest absolute Gasteiger partial charge is 0.240 e. The van der Waals surface area contributed by atoms with Crippen molar-refractivity contribution in [2.75, 3.05) is 12.3 Å². The third kappa shape index (κ3) is 3.48. The number of ether oxygens (including phenoxy) is 1. The third-order valence-corrected chi connectivity index (χ3v) is 6.19. The van der Waals surface area contributed by atoms with E-state index in [1.165, 1.54) is 0 Å². The van der Waals surface area contributed by atoms with Crippen LogP contribution in [0.5, 0.6) is 5.75 Å². The number of aromatic nitrogens is 6. The number of carbonyl (C=O) groups is 1. The van der Waals surface area contributed by atoms with Crippen molar-refractivity contribution in [2.45, 2.75) is 32.9 Å². The Morgan fingerprint density at radius 3 is 2.97 bits per heavy atom. The monoisotopic (exact) mass is 435 g/mol. The number of nitrogens with two attached hydrogens (primary N) is 1. The van der Waals surface area contributed by atoms with Crippen LogP contribution >= 0.6 is 11.3 Å². The molecule has 158 valence electrons. The predicted octanol–water partition coefficient (Wildman–Crippen LogP) is 3.23. The van der Waals surface area contributed by atoms with Crippen LogP contribution in [0.15, 0.2) is 30.6 Å². The maximum atomic E-state index is 10.7. The number of fused-ring (bicyclic) bond motifs is 3. The minimum absolute atomic E-state index is 0.127. The maximum Gasteiger partial charge on any atom is 0.240 e. The summed E-state index contributed by atoms with van der Waals surface area (Å²) in [7, 11) is 0. The minimum Gasteiger partial charge on any atom is -0.492 e. The molecule has 0 amide bonds. The summed E-state index contributed by atoms with van der Waals surface area (Å²) in [5.41, 5.74) is 9.62. The number of carbonyl (C=O) groups excluding carboxylic acids is 1. The summed E-state index contributed by atoms with van der Waals surface area (Å²) >= 11 is 1.60. The lowest BCUT2D eigenvalue weighted by molar-refractivity contribution is -0.108. The third-order valence-electron chi connectivity index (χ3n) is 5.08. The Morgan fingerprint density at radius 1 is 1.29 bits per heavy atom. The van der Waals surface area contributed by atoms with E-state index in [0.29, 0.717) is 12.4 Å². The second kappa shape index (κ2) is 7.62. The van der Waals surface area contributed by atoms with Crippen LogP contribution in [0.25, 0.3) is 33.2 Å². The van der Waals surface area contributed by atoms with Crippen molar-refractivity contribution in [3.63, 3.8) is 0 Å². The quantitative estimate of drug-likeness (QED) is 0.479. The van der Waals surface area contributed by atoms with Crippen molar-refractivity contribution in [3.05, 3.63) is 35.5 Å². The second-order valence-corrected chi connectivity index (χ2v) is 8.63. The molecule has 9 nitrogen and oxygen atoms in total. The summed E-state index contributed by atoms with van der Waals surface area (Å²) < 4.78 is 9.47. The number of anilines is 1. The molecule has 0 saturated heterocycles. The van der Waals surface area contributed by atoms with E-state index in [-0.39, 0.29) is 18.5 Å². The van der Waals surface area contributed by atoms with Gasteiger partial charge in [0, 0.05) is 34.7 Å². The molecule has 4 heterocycles. The lowest BCUT2D eigenvalue weighted by atomic mass is 10.0. The van der Waals surface area contributed by atoms with Crippen LogP contribution in [-0.2, 0) is 17.8 Å². The molecule has 0 fully saturated rings. The zero-order valence-corrected chi connectivity index (χ0v) is 18.0. The molecule has 0 atom stereocenters. The van der Waals surface area contributed by atoms with Crippen molar-refractivity contribution in [3.8, 4) is 39.0 Å². The molecule has 1 aliphatic rings. The molecular formula is C21H21N7O2S. The molecule has 0 spiro atoms. The molecular weight excluding hydrogens is 414 g/mol. The Hall–Kier alpha value is -3.53. The van der Waals surface area contributed by atoms with Crippen LogP contribution in [0.3, 0.4) is 0 Å². The molecule has 4 aromatic rings. The Labute approximate surface area is 182 Å². The normalized spacial score (nSPS) is 12.9. The van der Waals surface area contributed by atoms with Crippen LogP contribution in [0.4, 0.5) is 5.95 Å². The topological polar surface area (TPSA) is 114 Å². The average Bonchev–Trinajstić information content (AvgIpc) is 3.45. The first kappa shape index (κ1) is 19.4. The fourth-order valence-corrected chi connectivity index (χ4v) is 4.67. The van der Waals surface area contributed by atoms with Gasteiger partial charge in [-0.25, -0.2) is 9.67 Å². The number of benzene rings is 1. The van der Waals surface area contributed by atoms with Crippen LogP contribution in [0, 0.1) is 0 Å². The zero-order valence-electron chi connectivity index (χ0n) is 17.1. The highest BCUT2D eigenvalue weighted by Gasteiger charge is 2.24. The van der Waals surface area contributed by atoms with Crippen LogP contribution < -0.4 is 10.5 Å². The van der Waals surface area contributed by atoms with Gasteiger partial charge in [0.15, 0.2) is 10.8 Å². The molecule has 1 aliphatic heterocycles. The number of thiazole rings is 1. The fraction of sp³-hybridized carbons (Fsp3) is 0.286. The Kier molecular flexibility index (Phi) is 4.78. The molecule has 2 N–H and O–H groups in total. The van der Waals surface area contributed by atoms with E-state index in [4.69, 9.17) is 15.5 Å². The maximum absolute atomic E-state index is 10.7. The molecule has 5 rings (SSSR count). The number of hydrogen-bond donors (Lipinski definition) is 1. The SMILES string of the molecule is CC(C)n1nc(N)nc1-c1nc2c(s1)CCOc1cc(-c3cnn(CC=O)c3)ccc1-2. The second-order valence-electron chi connectivity index (χ2n) is 7.55. The van der Waals surface area contributed by atoms with E-state index in [0.717, 1.165) is 50.7 Å². The summed E-state index contributed by atoms with van der Waals surface area (Å²) in [4.78, 5) is 21.2. The molecule has 3 aromatic heterocycles. The minimum atomic E-state index is 0.127. The zero-order chi connectivity index (χ0) is 21.5. The van der Waals surface area contributed by atoms with E-state index >= 15 is 0 Å². The molecule has 0 aliphatic carbocycles. The van der Waals surface area contributed by atoms with Gasteiger partial charge >= 0.3 is 0 Å². The highest BCUT2D eigenvalue weighted by molar-refractivity contribution is 7.15. The largest absolute Gasteiger partial charge is 0.492 e. The standard InChI is InChI=1S/C21H21N7O2S/c1-12(2)28-19(25-21(22)26-28)20-24-18-15-4-3-13(14-10-23-27(11-14)6-7-29)9-16(15)30-8-5-17(18)31-20/h3-4,7,9-12H,5-6,8H2,1-2H3,(H2,22,26). The molecule has 1 aromatic carbocycles. The van der Waals surface area contributed by atoms with E-state index in [9.17, 15) is 4.79 Å². The van der Waals surface area contributed by atoms with E-state index < -0.39 is 0 Å². The molecule has 0 bridgehead atoms. The summed E-state index contributed by atoms with van der Waals surface area (Å²) in [6, 6.07) is 6.17. The number of nitrogen functional groups attached to an aromatic ring is 1. The Bertz CT molecular complexity index is 1270. The van der Waals surface area contributed by atoms with Gasteiger partial charge in [0.05, 0.1) is 25.0 Å². The van der Waals surface area contributed by atoms with Gasteiger partial charge in [0.2, 0.25) is 5.95 Å². The van der Waals surface area contributed by atoms with Gasteiger partial charge < -0.3 is 15.3 Å². The van der Waals surface area contributed by atoms with Gasteiger partial charge in [0.25, 0.3) is 0 Å². The van der Waals surface area contributed by atoms with Crippen molar-refractivity contribution in [2.24, 2.45) is 0 Å². The van der Waals surface area contributed by atoms with Gasteiger partial charge in [-0.1, -0.05) is 6.07 Å². The van der Waals surface area contributed by atoms with Crippen LogP contribution in [0.2, 0.25) is 0 Å². The van der Waals surface area contributed by atoms with Crippen molar-refractivity contribution >= 4 is 23.6 Å². The summed E-state index contributed by atoms with van der Waals surface area (Å²) in [5.74, 6) is 1.71. The van der Waals surface area contributed by atoms with Gasteiger partial charge in [-0.15, -0.1) is 16.4 Å².